The van der Waals surface area contributed by atoms with Gasteiger partial charge in [0, 0.05) is 32.9 Å². The van der Waals surface area contributed by atoms with E-state index in [0.29, 0.717) is 0 Å². The smallest absolute Gasteiger partial charge is 0.0541 e. The maximum absolute atomic E-state index is 2.43. The Morgan fingerprint density at radius 2 is 0.594 bits per heavy atom. The number of hydrogen-bond donors (Lipinski definition) is 0. The second kappa shape index (κ2) is 15.3. The van der Waals surface area contributed by atoms with Gasteiger partial charge in [0.15, 0.2) is 0 Å². The average molecular weight is 817 g/mol. The summed E-state index contributed by atoms with van der Waals surface area (Å²) in [5.74, 6) is 0. The van der Waals surface area contributed by atoms with Crippen molar-refractivity contribution in [2.75, 3.05) is 0 Å². The third kappa shape index (κ3) is 6.51. The zero-order chi connectivity index (χ0) is 42.7. The van der Waals surface area contributed by atoms with Gasteiger partial charge in [-0.2, -0.15) is 0 Å². The Labute approximate surface area is 373 Å². The monoisotopic (exact) mass is 816 g/mol. The first-order valence-electron chi connectivity index (χ1n) is 22.2. The number of hydrogen-bond acceptors (Lipinski definition) is 0. The van der Waals surface area contributed by atoms with Gasteiger partial charge in [0.05, 0.1) is 22.1 Å². The fourth-order valence-electron chi connectivity index (χ4n) is 10.0. The van der Waals surface area contributed by atoms with Crippen LogP contribution in [-0.4, -0.2) is 9.13 Å². The lowest BCUT2D eigenvalue weighted by Gasteiger charge is -2.14. The summed E-state index contributed by atoms with van der Waals surface area (Å²) in [6.07, 6.45) is 0. The van der Waals surface area contributed by atoms with Crippen molar-refractivity contribution >= 4 is 43.6 Å². The Hall–Kier alpha value is -8.20. The molecule has 0 aliphatic carbocycles. The van der Waals surface area contributed by atoms with Gasteiger partial charge in [-0.05, 0) is 154 Å². The number of aryl methyl sites for hydroxylation is 2. The van der Waals surface area contributed by atoms with E-state index in [1.54, 1.807) is 0 Å². The van der Waals surface area contributed by atoms with E-state index in [2.05, 4.69) is 254 Å². The molecule has 2 nitrogen and oxygen atoms in total. The summed E-state index contributed by atoms with van der Waals surface area (Å²) in [6, 6.07) is 84.8. The van der Waals surface area contributed by atoms with Gasteiger partial charge in [0.2, 0.25) is 0 Å². The molecule has 2 heterocycles. The highest BCUT2D eigenvalue weighted by Crippen LogP contribution is 2.40. The van der Waals surface area contributed by atoms with Gasteiger partial charge < -0.3 is 9.13 Å². The van der Waals surface area contributed by atoms with Crippen LogP contribution in [0.4, 0.5) is 0 Å². The molecule has 12 rings (SSSR count). The highest BCUT2D eigenvalue weighted by atomic mass is 15.0. The molecular weight excluding hydrogens is 773 g/mol. The van der Waals surface area contributed by atoms with Crippen LogP contribution < -0.4 is 0 Å². The summed E-state index contributed by atoms with van der Waals surface area (Å²) in [4.78, 5) is 0. The molecule has 0 spiro atoms. The minimum Gasteiger partial charge on any atom is -0.309 e. The fraction of sp³-hybridized carbons (Fsp3) is 0.0323. The SMILES string of the molecule is Cc1cc(C)cc(-c2cccc(-c3cc(-c4ccccc4)cc(-c4cccc(-n5c6ccccc6c6cc(-c7ccc8c(c7)c7ccccc7n8-c7ccccc7)ccc65)c4)c3)c2)c1. The van der Waals surface area contributed by atoms with E-state index in [-0.39, 0.29) is 0 Å². The third-order valence-electron chi connectivity index (χ3n) is 12.9. The quantitative estimate of drug-likeness (QED) is 0.152. The van der Waals surface area contributed by atoms with Crippen LogP contribution in [0.1, 0.15) is 11.1 Å². The second-order valence-electron chi connectivity index (χ2n) is 17.2. The van der Waals surface area contributed by atoms with E-state index < -0.39 is 0 Å². The topological polar surface area (TPSA) is 9.86 Å². The minimum atomic E-state index is 1.13. The molecule has 0 unspecified atom stereocenters. The summed E-state index contributed by atoms with van der Waals surface area (Å²) in [6.45, 7) is 4.35. The highest BCUT2D eigenvalue weighted by Gasteiger charge is 2.17. The molecule has 64 heavy (non-hydrogen) atoms. The standard InChI is InChI=1S/C62H44N2/c1-41-31-42(2)33-49(32-41)44-17-13-18-45(34-44)51-35-50(43-15-5-3-6-16-43)36-52(37-51)46-19-14-22-54(38-46)64-60-26-12-10-24-56(60)58-40-48(28-30-62(58)64)47-27-29-61-57(39-47)55-23-9-11-25-59(55)63(61)53-20-7-4-8-21-53/h3-40H,1-2H3. The Kier molecular flexibility index (Phi) is 8.98. The molecule has 0 atom stereocenters. The molecule has 0 radical (unpaired) electrons. The van der Waals surface area contributed by atoms with Crippen molar-refractivity contribution in [1.82, 2.24) is 9.13 Å². The maximum Gasteiger partial charge on any atom is 0.0541 e. The molecule has 12 aromatic rings. The van der Waals surface area contributed by atoms with Gasteiger partial charge in [-0.3, -0.25) is 0 Å². The van der Waals surface area contributed by atoms with Crippen molar-refractivity contribution in [1.29, 1.82) is 0 Å². The van der Waals surface area contributed by atoms with Gasteiger partial charge >= 0.3 is 0 Å². The molecule has 0 aliphatic rings. The van der Waals surface area contributed by atoms with Crippen LogP contribution in [0.5, 0.6) is 0 Å². The first-order chi connectivity index (χ1) is 31.5. The molecule has 0 saturated heterocycles. The third-order valence-corrected chi connectivity index (χ3v) is 12.9. The van der Waals surface area contributed by atoms with Crippen LogP contribution in [0.15, 0.2) is 231 Å². The van der Waals surface area contributed by atoms with Crippen molar-refractivity contribution < 1.29 is 0 Å². The van der Waals surface area contributed by atoms with Gasteiger partial charge in [-0.25, -0.2) is 0 Å². The van der Waals surface area contributed by atoms with Crippen molar-refractivity contribution in [2.24, 2.45) is 0 Å². The Morgan fingerprint density at radius 1 is 0.219 bits per heavy atom. The fourth-order valence-corrected chi connectivity index (χ4v) is 10.0. The Morgan fingerprint density at radius 3 is 1.17 bits per heavy atom. The van der Waals surface area contributed by atoms with Crippen LogP contribution in [0.2, 0.25) is 0 Å². The van der Waals surface area contributed by atoms with Crippen LogP contribution >= 0.6 is 0 Å². The largest absolute Gasteiger partial charge is 0.309 e. The van der Waals surface area contributed by atoms with Crippen molar-refractivity contribution in [3.8, 4) is 67.0 Å². The number of rotatable bonds is 7. The number of fused-ring (bicyclic) bond motifs is 6. The van der Waals surface area contributed by atoms with Gasteiger partial charge in [0.25, 0.3) is 0 Å². The number of nitrogens with zero attached hydrogens (tertiary/aromatic N) is 2. The molecule has 2 aromatic heterocycles. The van der Waals surface area contributed by atoms with Crippen molar-refractivity contribution in [3.05, 3.63) is 242 Å². The number of benzene rings is 10. The predicted molar refractivity (Wildman–Crippen MR) is 272 cm³/mol. The summed E-state index contributed by atoms with van der Waals surface area (Å²) in [5, 5.41) is 4.99. The van der Waals surface area contributed by atoms with Crippen molar-refractivity contribution in [3.63, 3.8) is 0 Å². The van der Waals surface area contributed by atoms with E-state index in [1.807, 2.05) is 0 Å². The highest BCUT2D eigenvalue weighted by molar-refractivity contribution is 6.12. The summed E-state index contributed by atoms with van der Waals surface area (Å²) < 4.78 is 4.81. The summed E-state index contributed by atoms with van der Waals surface area (Å²) in [5.41, 5.74) is 21.7. The molecule has 10 aromatic carbocycles. The van der Waals surface area contributed by atoms with Gasteiger partial charge in [-0.15, -0.1) is 0 Å². The minimum absolute atomic E-state index is 1.13. The molecule has 302 valence electrons. The van der Waals surface area contributed by atoms with Crippen LogP contribution in [-0.2, 0) is 0 Å². The molecule has 0 N–H and O–H groups in total. The van der Waals surface area contributed by atoms with E-state index >= 15 is 0 Å². The predicted octanol–water partition coefficient (Wildman–Crippen LogP) is 16.8. The van der Waals surface area contributed by atoms with E-state index in [9.17, 15) is 0 Å². The lowest BCUT2D eigenvalue weighted by atomic mass is 9.91. The summed E-state index contributed by atoms with van der Waals surface area (Å²) in [7, 11) is 0. The normalized spacial score (nSPS) is 11.6. The van der Waals surface area contributed by atoms with Gasteiger partial charge in [-0.1, -0.05) is 157 Å². The number of para-hydroxylation sites is 3. The van der Waals surface area contributed by atoms with E-state index in [0.717, 1.165) is 5.69 Å². The molecule has 0 amide bonds. The maximum atomic E-state index is 2.43. The van der Waals surface area contributed by atoms with Crippen LogP contribution in [0.25, 0.3) is 111 Å². The Bertz CT molecular complexity index is 3720. The molecular formula is C62H44N2. The van der Waals surface area contributed by atoms with E-state index in [4.69, 9.17) is 0 Å². The average Bonchev–Trinajstić information content (AvgIpc) is 3.86. The van der Waals surface area contributed by atoms with Crippen molar-refractivity contribution in [2.45, 2.75) is 13.8 Å². The summed E-state index contributed by atoms with van der Waals surface area (Å²) >= 11 is 0. The van der Waals surface area contributed by atoms with Crippen LogP contribution in [0, 0.1) is 13.8 Å². The molecule has 0 aliphatic heterocycles. The molecule has 0 bridgehead atoms. The lowest BCUT2D eigenvalue weighted by Crippen LogP contribution is -1.95. The lowest BCUT2D eigenvalue weighted by molar-refractivity contribution is 1.18. The van der Waals surface area contributed by atoms with E-state index in [1.165, 1.54) is 116 Å². The molecule has 2 heteroatoms. The zero-order valence-corrected chi connectivity index (χ0v) is 35.8. The van der Waals surface area contributed by atoms with Gasteiger partial charge in [0.1, 0.15) is 0 Å². The van der Waals surface area contributed by atoms with Crippen LogP contribution in [0.3, 0.4) is 0 Å². The Balaban J connectivity index is 0.973. The molecule has 0 fully saturated rings. The zero-order valence-electron chi connectivity index (χ0n) is 35.8. The number of aromatic nitrogens is 2. The first-order valence-corrected chi connectivity index (χ1v) is 22.2. The second-order valence-corrected chi connectivity index (χ2v) is 17.2. The first kappa shape index (κ1) is 37.6. The molecule has 0 saturated carbocycles.